The van der Waals surface area contributed by atoms with E-state index in [-0.39, 0.29) is 0 Å². The highest BCUT2D eigenvalue weighted by atomic mass is 14.6. The zero-order chi connectivity index (χ0) is 9.19. The third-order valence-corrected chi connectivity index (χ3v) is 3.46. The maximum atomic E-state index is 6.04. The van der Waals surface area contributed by atoms with Crippen molar-refractivity contribution in [1.29, 1.82) is 0 Å². The second-order valence-corrected chi connectivity index (χ2v) is 5.07. The van der Waals surface area contributed by atoms with E-state index >= 15 is 0 Å². The van der Waals surface area contributed by atoms with E-state index < -0.39 is 0 Å². The van der Waals surface area contributed by atoms with Gasteiger partial charge >= 0.3 is 0 Å². The summed E-state index contributed by atoms with van der Waals surface area (Å²) in [5, 5.41) is 0. The summed E-state index contributed by atoms with van der Waals surface area (Å²) in [5.74, 6) is 0.808. The Kier molecular flexibility index (Phi) is 3.16. The first-order valence-electron chi connectivity index (χ1n) is 5.31. The minimum absolute atomic E-state index is 0.459. The Morgan fingerprint density at radius 2 is 1.83 bits per heavy atom. The molecular weight excluding hydrogens is 146 g/mol. The third-order valence-electron chi connectivity index (χ3n) is 3.46. The van der Waals surface area contributed by atoms with Crippen molar-refractivity contribution in [3.05, 3.63) is 0 Å². The van der Waals surface area contributed by atoms with Crippen molar-refractivity contribution in [3.8, 4) is 0 Å². The van der Waals surface area contributed by atoms with E-state index in [9.17, 15) is 0 Å². The molecule has 0 aromatic rings. The minimum atomic E-state index is 0.459. The standard InChI is InChI=1S/C11H23N/c1-4-10(12)9-5-7-11(2,3)8-6-9/h9-10H,4-8,12H2,1-3H3. The average molecular weight is 169 g/mol. The third kappa shape index (κ3) is 2.48. The Hall–Kier alpha value is -0.0400. The highest BCUT2D eigenvalue weighted by molar-refractivity contribution is 4.82. The fraction of sp³-hybridized carbons (Fsp3) is 1.00. The molecule has 12 heavy (non-hydrogen) atoms. The maximum Gasteiger partial charge on any atom is 0.00645 e. The molecule has 1 nitrogen and oxygen atoms in total. The monoisotopic (exact) mass is 169 g/mol. The second-order valence-electron chi connectivity index (χ2n) is 5.07. The van der Waals surface area contributed by atoms with E-state index in [1.807, 2.05) is 0 Å². The molecule has 1 saturated carbocycles. The largest absolute Gasteiger partial charge is 0.327 e. The lowest BCUT2D eigenvalue weighted by molar-refractivity contribution is 0.172. The van der Waals surface area contributed by atoms with Gasteiger partial charge in [0.25, 0.3) is 0 Å². The van der Waals surface area contributed by atoms with Crippen LogP contribution >= 0.6 is 0 Å². The molecule has 72 valence electrons. The van der Waals surface area contributed by atoms with Gasteiger partial charge in [0.2, 0.25) is 0 Å². The number of rotatable bonds is 2. The van der Waals surface area contributed by atoms with Gasteiger partial charge in [0.15, 0.2) is 0 Å². The van der Waals surface area contributed by atoms with Crippen LogP contribution in [-0.2, 0) is 0 Å². The van der Waals surface area contributed by atoms with Crippen molar-refractivity contribution in [3.63, 3.8) is 0 Å². The van der Waals surface area contributed by atoms with Crippen molar-refractivity contribution < 1.29 is 0 Å². The molecule has 1 heteroatoms. The van der Waals surface area contributed by atoms with Crippen LogP contribution < -0.4 is 5.73 Å². The number of hydrogen-bond donors (Lipinski definition) is 1. The fourth-order valence-electron chi connectivity index (χ4n) is 2.18. The molecule has 0 bridgehead atoms. The summed E-state index contributed by atoms with van der Waals surface area (Å²) in [6.07, 6.45) is 6.58. The molecule has 1 unspecified atom stereocenters. The van der Waals surface area contributed by atoms with Crippen LogP contribution in [0.2, 0.25) is 0 Å². The van der Waals surface area contributed by atoms with Gasteiger partial charge in [-0.05, 0) is 43.4 Å². The molecule has 0 aromatic heterocycles. The van der Waals surface area contributed by atoms with E-state index in [0.29, 0.717) is 11.5 Å². The van der Waals surface area contributed by atoms with Crippen LogP contribution in [0.3, 0.4) is 0 Å². The normalized spacial score (nSPS) is 27.0. The first kappa shape index (κ1) is 10.0. The Balaban J connectivity index is 2.36. The Bertz CT molecular complexity index is 130. The van der Waals surface area contributed by atoms with Gasteiger partial charge in [-0.3, -0.25) is 0 Å². The second kappa shape index (κ2) is 3.78. The van der Waals surface area contributed by atoms with Gasteiger partial charge in [0, 0.05) is 6.04 Å². The Labute approximate surface area is 76.7 Å². The van der Waals surface area contributed by atoms with Crippen molar-refractivity contribution in [2.24, 2.45) is 17.1 Å². The molecule has 0 aliphatic heterocycles. The topological polar surface area (TPSA) is 26.0 Å². The molecule has 0 saturated heterocycles. The van der Waals surface area contributed by atoms with E-state index in [1.54, 1.807) is 0 Å². The summed E-state index contributed by atoms with van der Waals surface area (Å²) in [6.45, 7) is 6.95. The highest BCUT2D eigenvalue weighted by Crippen LogP contribution is 2.39. The average Bonchev–Trinajstić information content (AvgIpc) is 2.03. The minimum Gasteiger partial charge on any atom is -0.327 e. The van der Waals surface area contributed by atoms with Gasteiger partial charge in [-0.25, -0.2) is 0 Å². The first-order valence-corrected chi connectivity index (χ1v) is 5.31. The Morgan fingerprint density at radius 1 is 1.33 bits per heavy atom. The van der Waals surface area contributed by atoms with Gasteiger partial charge in [-0.2, -0.15) is 0 Å². The first-order chi connectivity index (χ1) is 5.55. The lowest BCUT2D eigenvalue weighted by Crippen LogP contribution is -2.34. The predicted octanol–water partition coefficient (Wildman–Crippen LogP) is 2.94. The molecular formula is C11H23N. The molecule has 1 fully saturated rings. The smallest absolute Gasteiger partial charge is 0.00645 e. The molecule has 1 atom stereocenters. The zero-order valence-electron chi connectivity index (χ0n) is 8.77. The van der Waals surface area contributed by atoms with Crippen LogP contribution in [-0.4, -0.2) is 6.04 Å². The van der Waals surface area contributed by atoms with Gasteiger partial charge in [0.1, 0.15) is 0 Å². The lowest BCUT2D eigenvalue weighted by atomic mass is 9.71. The van der Waals surface area contributed by atoms with Crippen LogP contribution in [0.4, 0.5) is 0 Å². The molecule has 0 amide bonds. The van der Waals surface area contributed by atoms with E-state index in [1.165, 1.54) is 25.7 Å². The quantitative estimate of drug-likeness (QED) is 0.675. The van der Waals surface area contributed by atoms with Crippen molar-refractivity contribution in [2.45, 2.75) is 58.9 Å². The molecule has 1 rings (SSSR count). The van der Waals surface area contributed by atoms with E-state index in [2.05, 4.69) is 20.8 Å². The van der Waals surface area contributed by atoms with Gasteiger partial charge in [-0.15, -0.1) is 0 Å². The molecule has 0 aromatic carbocycles. The molecule has 1 aliphatic rings. The summed E-state index contributed by atoms with van der Waals surface area (Å²) >= 11 is 0. The SMILES string of the molecule is CCC(N)C1CCC(C)(C)CC1. The molecule has 0 heterocycles. The summed E-state index contributed by atoms with van der Waals surface area (Å²) in [4.78, 5) is 0. The summed E-state index contributed by atoms with van der Waals surface area (Å²) in [5.41, 5.74) is 6.62. The highest BCUT2D eigenvalue weighted by Gasteiger charge is 2.28. The van der Waals surface area contributed by atoms with Gasteiger partial charge in [0.05, 0.1) is 0 Å². The van der Waals surface area contributed by atoms with Crippen LogP contribution in [0.25, 0.3) is 0 Å². The van der Waals surface area contributed by atoms with Crippen molar-refractivity contribution >= 4 is 0 Å². The predicted molar refractivity (Wildman–Crippen MR) is 54.0 cm³/mol. The molecule has 1 aliphatic carbocycles. The molecule has 0 spiro atoms. The Morgan fingerprint density at radius 3 is 2.25 bits per heavy atom. The molecule has 0 radical (unpaired) electrons. The zero-order valence-corrected chi connectivity index (χ0v) is 8.77. The molecule has 2 N–H and O–H groups in total. The van der Waals surface area contributed by atoms with E-state index in [4.69, 9.17) is 5.73 Å². The number of hydrogen-bond acceptors (Lipinski definition) is 1. The number of nitrogens with two attached hydrogens (primary N) is 1. The van der Waals surface area contributed by atoms with Crippen LogP contribution in [0.15, 0.2) is 0 Å². The van der Waals surface area contributed by atoms with Crippen LogP contribution in [0.5, 0.6) is 0 Å². The maximum absolute atomic E-state index is 6.04. The van der Waals surface area contributed by atoms with Gasteiger partial charge < -0.3 is 5.73 Å². The fourth-order valence-corrected chi connectivity index (χ4v) is 2.18. The van der Waals surface area contributed by atoms with Crippen LogP contribution in [0, 0.1) is 11.3 Å². The van der Waals surface area contributed by atoms with Crippen molar-refractivity contribution in [1.82, 2.24) is 0 Å². The van der Waals surface area contributed by atoms with Crippen molar-refractivity contribution in [2.75, 3.05) is 0 Å². The summed E-state index contributed by atoms with van der Waals surface area (Å²) in [7, 11) is 0. The van der Waals surface area contributed by atoms with E-state index in [0.717, 1.165) is 12.3 Å². The summed E-state index contributed by atoms with van der Waals surface area (Å²) in [6, 6.07) is 0.459. The van der Waals surface area contributed by atoms with Gasteiger partial charge in [-0.1, -0.05) is 20.8 Å². The lowest BCUT2D eigenvalue weighted by Gasteiger charge is -2.36. The summed E-state index contributed by atoms with van der Waals surface area (Å²) < 4.78 is 0. The van der Waals surface area contributed by atoms with Crippen LogP contribution in [0.1, 0.15) is 52.9 Å².